The van der Waals surface area contributed by atoms with Crippen molar-refractivity contribution in [3.63, 3.8) is 0 Å². The first-order chi connectivity index (χ1) is 9.72. The van der Waals surface area contributed by atoms with E-state index in [1.54, 1.807) is 0 Å². The lowest BCUT2D eigenvalue weighted by Crippen LogP contribution is -2.24. The molecule has 0 radical (unpaired) electrons. The van der Waals surface area contributed by atoms with E-state index in [-0.39, 0.29) is 0 Å². The highest BCUT2D eigenvalue weighted by molar-refractivity contribution is 4.97. The van der Waals surface area contributed by atoms with E-state index in [4.69, 9.17) is 4.52 Å². The van der Waals surface area contributed by atoms with Gasteiger partial charge >= 0.3 is 0 Å². The van der Waals surface area contributed by atoms with Gasteiger partial charge in [-0.25, -0.2) is 0 Å². The molecule has 1 aliphatic carbocycles. The van der Waals surface area contributed by atoms with E-state index in [0.29, 0.717) is 18.5 Å². The van der Waals surface area contributed by atoms with Crippen molar-refractivity contribution in [1.82, 2.24) is 15.5 Å². The zero-order chi connectivity index (χ0) is 14.4. The number of hydrogen-bond acceptors (Lipinski definition) is 4. The van der Waals surface area contributed by atoms with Gasteiger partial charge in [0.2, 0.25) is 5.89 Å². The Morgan fingerprint density at radius 1 is 1.25 bits per heavy atom. The lowest BCUT2D eigenvalue weighted by molar-refractivity contribution is 0.294. The molecule has 1 atom stereocenters. The molecule has 2 rings (SSSR count). The molecule has 1 aromatic rings. The first-order valence-electron chi connectivity index (χ1n) is 8.28. The molecular weight excluding hydrogens is 250 g/mol. The number of aromatic nitrogens is 2. The summed E-state index contributed by atoms with van der Waals surface area (Å²) >= 11 is 0. The van der Waals surface area contributed by atoms with E-state index in [1.807, 2.05) is 0 Å². The number of nitrogens with one attached hydrogen (secondary N) is 1. The predicted molar refractivity (Wildman–Crippen MR) is 80.5 cm³/mol. The van der Waals surface area contributed by atoms with E-state index in [2.05, 4.69) is 36.2 Å². The molecule has 1 saturated carbocycles. The second-order valence-electron chi connectivity index (χ2n) is 6.24. The zero-order valence-electron chi connectivity index (χ0n) is 13.2. The lowest BCUT2D eigenvalue weighted by Gasteiger charge is -2.26. The second kappa shape index (κ2) is 7.77. The molecule has 0 aromatic carbocycles. The van der Waals surface area contributed by atoms with Crippen molar-refractivity contribution in [3.05, 3.63) is 11.7 Å². The Labute approximate surface area is 122 Å². The van der Waals surface area contributed by atoms with E-state index in [0.717, 1.165) is 24.1 Å². The van der Waals surface area contributed by atoms with Crippen LogP contribution in [-0.2, 0) is 6.54 Å². The lowest BCUT2D eigenvalue weighted by atomic mass is 9.80. The van der Waals surface area contributed by atoms with Crippen LogP contribution in [0.15, 0.2) is 4.52 Å². The van der Waals surface area contributed by atoms with E-state index in [9.17, 15) is 0 Å². The van der Waals surface area contributed by atoms with Gasteiger partial charge in [0.1, 0.15) is 0 Å². The van der Waals surface area contributed by atoms with Gasteiger partial charge in [-0.15, -0.1) is 0 Å². The molecule has 0 aliphatic heterocycles. The molecule has 4 heteroatoms. The smallest absolute Gasteiger partial charge is 0.240 e. The normalized spacial score (nSPS) is 24.8. The third-order valence-corrected chi connectivity index (χ3v) is 4.61. The number of hydrogen-bond donors (Lipinski definition) is 1. The summed E-state index contributed by atoms with van der Waals surface area (Å²) < 4.78 is 5.36. The molecule has 0 amide bonds. The molecule has 4 nitrogen and oxygen atoms in total. The minimum Gasteiger partial charge on any atom is -0.338 e. The van der Waals surface area contributed by atoms with Gasteiger partial charge in [0.15, 0.2) is 5.82 Å². The van der Waals surface area contributed by atoms with Crippen molar-refractivity contribution >= 4 is 0 Å². The van der Waals surface area contributed by atoms with Crippen molar-refractivity contribution in [2.45, 2.75) is 84.2 Å². The Balaban J connectivity index is 1.80. The summed E-state index contributed by atoms with van der Waals surface area (Å²) in [6.45, 7) is 7.31. The van der Waals surface area contributed by atoms with E-state index < -0.39 is 0 Å². The minimum atomic E-state index is 0.495. The van der Waals surface area contributed by atoms with Gasteiger partial charge in [0.05, 0.1) is 6.54 Å². The van der Waals surface area contributed by atoms with Crippen LogP contribution in [0.3, 0.4) is 0 Å². The number of rotatable bonds is 7. The molecule has 1 unspecified atom stereocenters. The third-order valence-electron chi connectivity index (χ3n) is 4.61. The molecule has 0 saturated heterocycles. The molecule has 1 fully saturated rings. The first-order valence-corrected chi connectivity index (χ1v) is 8.28. The van der Waals surface area contributed by atoms with Crippen molar-refractivity contribution < 1.29 is 4.52 Å². The summed E-state index contributed by atoms with van der Waals surface area (Å²) in [7, 11) is 0. The fourth-order valence-electron chi connectivity index (χ4n) is 3.03. The average Bonchev–Trinajstić information content (AvgIpc) is 2.95. The Morgan fingerprint density at radius 2 is 2.00 bits per heavy atom. The Hall–Kier alpha value is -0.900. The maximum absolute atomic E-state index is 5.36. The maximum atomic E-state index is 5.36. The number of nitrogens with zero attached hydrogens (tertiary/aromatic N) is 2. The molecule has 1 aliphatic rings. The van der Waals surface area contributed by atoms with Crippen LogP contribution < -0.4 is 5.32 Å². The van der Waals surface area contributed by atoms with Crippen molar-refractivity contribution in [3.8, 4) is 0 Å². The maximum Gasteiger partial charge on any atom is 0.240 e. The average molecular weight is 279 g/mol. The summed E-state index contributed by atoms with van der Waals surface area (Å²) in [5.41, 5.74) is 0. The molecule has 20 heavy (non-hydrogen) atoms. The van der Waals surface area contributed by atoms with Crippen LogP contribution in [-0.4, -0.2) is 16.2 Å². The van der Waals surface area contributed by atoms with Crippen LogP contribution in [0, 0.1) is 5.92 Å². The van der Waals surface area contributed by atoms with Gasteiger partial charge in [0.25, 0.3) is 0 Å². The van der Waals surface area contributed by atoms with Crippen LogP contribution >= 0.6 is 0 Å². The van der Waals surface area contributed by atoms with Crippen molar-refractivity contribution in [2.24, 2.45) is 5.92 Å². The summed E-state index contributed by atoms with van der Waals surface area (Å²) in [5.74, 6) is 3.11. The Bertz CT molecular complexity index is 383. The zero-order valence-corrected chi connectivity index (χ0v) is 13.2. The first kappa shape index (κ1) is 15.5. The standard InChI is InChI=1S/C16H29N3O/c1-4-6-13-7-9-14(10-8-13)16-18-15(20-19-16)11-17-12(3)5-2/h12-14,17H,4-11H2,1-3H3. The quantitative estimate of drug-likeness (QED) is 0.818. The summed E-state index contributed by atoms with van der Waals surface area (Å²) in [4.78, 5) is 4.57. The molecule has 114 valence electrons. The van der Waals surface area contributed by atoms with Gasteiger partial charge in [-0.1, -0.05) is 31.8 Å². The van der Waals surface area contributed by atoms with Gasteiger partial charge in [-0.3, -0.25) is 0 Å². The van der Waals surface area contributed by atoms with Gasteiger partial charge in [0, 0.05) is 12.0 Å². The largest absolute Gasteiger partial charge is 0.338 e. The van der Waals surface area contributed by atoms with Crippen LogP contribution in [0.5, 0.6) is 0 Å². The molecule has 0 bridgehead atoms. The van der Waals surface area contributed by atoms with E-state index in [1.165, 1.54) is 38.5 Å². The molecular formula is C16H29N3O. The van der Waals surface area contributed by atoms with Gasteiger partial charge in [-0.2, -0.15) is 4.98 Å². The van der Waals surface area contributed by atoms with Gasteiger partial charge in [-0.05, 0) is 44.9 Å². The molecule has 1 N–H and O–H groups in total. The fourth-order valence-corrected chi connectivity index (χ4v) is 3.03. The fraction of sp³-hybridized carbons (Fsp3) is 0.875. The van der Waals surface area contributed by atoms with Crippen LogP contribution in [0.1, 0.15) is 83.3 Å². The Kier molecular flexibility index (Phi) is 6.02. The van der Waals surface area contributed by atoms with Crippen LogP contribution in [0.4, 0.5) is 0 Å². The van der Waals surface area contributed by atoms with Crippen molar-refractivity contribution in [2.75, 3.05) is 0 Å². The van der Waals surface area contributed by atoms with Crippen LogP contribution in [0.25, 0.3) is 0 Å². The second-order valence-corrected chi connectivity index (χ2v) is 6.24. The highest BCUT2D eigenvalue weighted by Crippen LogP contribution is 2.36. The predicted octanol–water partition coefficient (Wildman–Crippen LogP) is 4.03. The summed E-state index contributed by atoms with van der Waals surface area (Å²) in [6.07, 6.45) is 8.90. The third kappa shape index (κ3) is 4.30. The summed E-state index contributed by atoms with van der Waals surface area (Å²) in [6, 6.07) is 0.495. The molecule has 0 spiro atoms. The molecule has 1 aromatic heterocycles. The monoisotopic (exact) mass is 279 g/mol. The highest BCUT2D eigenvalue weighted by atomic mass is 16.5. The Morgan fingerprint density at radius 3 is 2.65 bits per heavy atom. The minimum absolute atomic E-state index is 0.495. The van der Waals surface area contributed by atoms with E-state index >= 15 is 0 Å². The molecule has 1 heterocycles. The highest BCUT2D eigenvalue weighted by Gasteiger charge is 2.25. The van der Waals surface area contributed by atoms with Crippen LogP contribution in [0.2, 0.25) is 0 Å². The topological polar surface area (TPSA) is 51.0 Å². The van der Waals surface area contributed by atoms with Gasteiger partial charge < -0.3 is 9.84 Å². The SMILES string of the molecule is CCCC1CCC(c2noc(CNC(C)CC)n2)CC1. The summed E-state index contributed by atoms with van der Waals surface area (Å²) in [5, 5.41) is 7.58. The van der Waals surface area contributed by atoms with Crippen molar-refractivity contribution in [1.29, 1.82) is 0 Å².